The Bertz CT molecular complexity index is 415. The minimum absolute atomic E-state index is 0.0845. The van der Waals surface area contributed by atoms with Crippen molar-refractivity contribution in [2.24, 2.45) is 0 Å². The van der Waals surface area contributed by atoms with Crippen LogP contribution in [-0.4, -0.2) is 23.0 Å². The fraction of sp³-hybridized carbons (Fsp3) is 0.538. The second-order valence-corrected chi connectivity index (χ2v) is 5.34. The van der Waals surface area contributed by atoms with Gasteiger partial charge < -0.3 is 10.6 Å². The Kier molecular flexibility index (Phi) is 4.78. The van der Waals surface area contributed by atoms with Gasteiger partial charge in [-0.15, -0.1) is 0 Å². The van der Waals surface area contributed by atoms with Crippen molar-refractivity contribution >= 4 is 5.91 Å². The first-order valence-electron chi connectivity index (χ1n) is 5.93. The van der Waals surface area contributed by atoms with E-state index >= 15 is 0 Å². The Morgan fingerprint density at radius 1 is 1.44 bits per heavy atom. The van der Waals surface area contributed by atoms with E-state index in [1.54, 1.807) is 6.20 Å². The van der Waals surface area contributed by atoms with Crippen LogP contribution in [0.1, 0.15) is 39.3 Å². The second kappa shape index (κ2) is 5.91. The molecule has 2 N–H and O–H groups in total. The summed E-state index contributed by atoms with van der Waals surface area (Å²) in [6, 6.07) is 1.28. The number of carbonyl (C=O) groups excluding carboxylic acids is 1. The lowest BCUT2D eigenvalue weighted by Crippen LogP contribution is -2.45. The summed E-state index contributed by atoms with van der Waals surface area (Å²) in [5.74, 6) is -0.459. The summed E-state index contributed by atoms with van der Waals surface area (Å²) in [6.07, 6.45) is 2.74. The third kappa shape index (κ3) is 5.23. The van der Waals surface area contributed by atoms with Gasteiger partial charge in [0.1, 0.15) is 5.82 Å². The van der Waals surface area contributed by atoms with E-state index in [0.717, 1.165) is 11.8 Å². The molecule has 0 fully saturated rings. The van der Waals surface area contributed by atoms with Crippen molar-refractivity contribution < 1.29 is 9.18 Å². The second-order valence-electron chi connectivity index (χ2n) is 5.34. The molecule has 1 aromatic rings. The van der Waals surface area contributed by atoms with Gasteiger partial charge in [0.2, 0.25) is 5.91 Å². The molecule has 1 heterocycles. The molecular weight excluding hydrogens is 233 g/mol. The topological polar surface area (TPSA) is 54.0 Å². The van der Waals surface area contributed by atoms with Crippen molar-refractivity contribution in [1.82, 2.24) is 15.6 Å². The summed E-state index contributed by atoms with van der Waals surface area (Å²) in [7, 11) is 0. The molecule has 0 aliphatic heterocycles. The maximum atomic E-state index is 13.0. The van der Waals surface area contributed by atoms with Crippen molar-refractivity contribution in [3.05, 3.63) is 29.8 Å². The van der Waals surface area contributed by atoms with E-state index in [-0.39, 0.29) is 29.8 Å². The number of halogens is 1. The van der Waals surface area contributed by atoms with Crippen LogP contribution < -0.4 is 10.6 Å². The number of aromatic nitrogens is 1. The molecule has 1 atom stereocenters. The van der Waals surface area contributed by atoms with E-state index in [1.165, 1.54) is 6.07 Å². The molecule has 0 radical (unpaired) electrons. The largest absolute Gasteiger partial charge is 0.350 e. The van der Waals surface area contributed by atoms with Crippen molar-refractivity contribution in [3.63, 3.8) is 0 Å². The highest BCUT2D eigenvalue weighted by Crippen LogP contribution is 2.11. The van der Waals surface area contributed by atoms with Gasteiger partial charge in [-0.1, -0.05) is 0 Å². The zero-order chi connectivity index (χ0) is 13.8. The summed E-state index contributed by atoms with van der Waals surface area (Å²) in [5, 5.41) is 5.88. The van der Waals surface area contributed by atoms with Crippen molar-refractivity contribution in [3.8, 4) is 0 Å². The van der Waals surface area contributed by atoms with E-state index in [2.05, 4.69) is 15.6 Å². The van der Waals surface area contributed by atoms with Gasteiger partial charge in [0.05, 0.1) is 12.7 Å². The van der Waals surface area contributed by atoms with Crippen LogP contribution in [0.25, 0.3) is 0 Å². The molecule has 100 valence electrons. The minimum atomic E-state index is -0.375. The Balaban J connectivity index is 2.46. The molecule has 1 rings (SSSR count). The third-order valence-electron chi connectivity index (χ3n) is 2.31. The molecule has 4 nitrogen and oxygen atoms in total. The van der Waals surface area contributed by atoms with Crippen molar-refractivity contribution in [2.75, 3.05) is 6.54 Å². The predicted molar refractivity (Wildman–Crippen MR) is 68.5 cm³/mol. The van der Waals surface area contributed by atoms with Crippen LogP contribution in [0.5, 0.6) is 0 Å². The highest BCUT2D eigenvalue weighted by molar-refractivity contribution is 5.78. The number of amides is 1. The molecule has 5 heteroatoms. The van der Waals surface area contributed by atoms with E-state index in [0.29, 0.717) is 0 Å². The summed E-state index contributed by atoms with van der Waals surface area (Å²) in [4.78, 5) is 15.4. The van der Waals surface area contributed by atoms with Gasteiger partial charge in [0.15, 0.2) is 0 Å². The number of nitrogens with one attached hydrogen (secondary N) is 2. The molecule has 0 aliphatic carbocycles. The standard InChI is InChI=1S/C13H20FN3O/c1-9(10-5-11(14)7-15-6-10)16-8-12(18)17-13(2,3)4/h5-7,9,16H,8H2,1-4H3,(H,17,18). The van der Waals surface area contributed by atoms with Crippen LogP contribution in [-0.2, 0) is 4.79 Å². The number of nitrogens with zero attached hydrogens (tertiary/aromatic N) is 1. The maximum Gasteiger partial charge on any atom is 0.234 e. The van der Waals surface area contributed by atoms with Gasteiger partial charge in [-0.2, -0.15) is 0 Å². The lowest BCUT2D eigenvalue weighted by atomic mass is 10.1. The SMILES string of the molecule is CC(NCC(=O)NC(C)(C)C)c1cncc(F)c1. The summed E-state index contributed by atoms with van der Waals surface area (Å²) < 4.78 is 13.0. The van der Waals surface area contributed by atoms with Crippen LogP contribution in [0.2, 0.25) is 0 Å². The minimum Gasteiger partial charge on any atom is -0.350 e. The summed E-state index contributed by atoms with van der Waals surface area (Å²) >= 11 is 0. The van der Waals surface area contributed by atoms with Crippen LogP contribution in [0.4, 0.5) is 4.39 Å². The molecule has 0 saturated heterocycles. The van der Waals surface area contributed by atoms with Crippen LogP contribution >= 0.6 is 0 Å². The van der Waals surface area contributed by atoms with Gasteiger partial charge in [-0.25, -0.2) is 4.39 Å². The number of hydrogen-bond acceptors (Lipinski definition) is 3. The molecule has 0 saturated carbocycles. The van der Waals surface area contributed by atoms with Gasteiger partial charge in [0, 0.05) is 17.8 Å². The molecule has 1 aromatic heterocycles. The lowest BCUT2D eigenvalue weighted by molar-refractivity contribution is -0.121. The van der Waals surface area contributed by atoms with Gasteiger partial charge in [-0.3, -0.25) is 9.78 Å². The quantitative estimate of drug-likeness (QED) is 0.860. The number of carbonyl (C=O) groups is 1. The lowest BCUT2D eigenvalue weighted by Gasteiger charge is -2.21. The third-order valence-corrected chi connectivity index (χ3v) is 2.31. The molecule has 0 aliphatic rings. The summed E-state index contributed by atoms with van der Waals surface area (Å²) in [6.45, 7) is 7.82. The van der Waals surface area contributed by atoms with Crippen molar-refractivity contribution in [2.45, 2.75) is 39.3 Å². The zero-order valence-corrected chi connectivity index (χ0v) is 11.2. The zero-order valence-electron chi connectivity index (χ0n) is 11.2. The molecule has 1 unspecified atom stereocenters. The normalized spacial score (nSPS) is 13.2. The average molecular weight is 253 g/mol. The monoisotopic (exact) mass is 253 g/mol. The Hall–Kier alpha value is -1.49. The average Bonchev–Trinajstić information content (AvgIpc) is 2.23. The smallest absolute Gasteiger partial charge is 0.234 e. The molecule has 0 aromatic carbocycles. The van der Waals surface area contributed by atoms with Crippen LogP contribution in [0.15, 0.2) is 18.5 Å². The first-order valence-corrected chi connectivity index (χ1v) is 5.93. The fourth-order valence-corrected chi connectivity index (χ4v) is 1.49. The Labute approximate surface area is 107 Å². The molecule has 0 spiro atoms. The van der Waals surface area contributed by atoms with E-state index < -0.39 is 0 Å². The highest BCUT2D eigenvalue weighted by Gasteiger charge is 2.14. The number of pyridine rings is 1. The van der Waals surface area contributed by atoms with E-state index in [4.69, 9.17) is 0 Å². The molecule has 1 amide bonds. The van der Waals surface area contributed by atoms with Gasteiger partial charge in [0.25, 0.3) is 0 Å². The van der Waals surface area contributed by atoms with Gasteiger partial charge in [-0.05, 0) is 39.3 Å². The molecule has 0 bridgehead atoms. The maximum absolute atomic E-state index is 13.0. The fourth-order valence-electron chi connectivity index (χ4n) is 1.49. The predicted octanol–water partition coefficient (Wildman–Crippen LogP) is 1.79. The van der Waals surface area contributed by atoms with Crippen molar-refractivity contribution in [1.29, 1.82) is 0 Å². The molecule has 18 heavy (non-hydrogen) atoms. The number of hydrogen-bond donors (Lipinski definition) is 2. The highest BCUT2D eigenvalue weighted by atomic mass is 19.1. The first-order chi connectivity index (χ1) is 8.28. The number of rotatable bonds is 4. The first kappa shape index (κ1) is 14.6. The van der Waals surface area contributed by atoms with E-state index in [1.807, 2.05) is 27.7 Å². The Morgan fingerprint density at radius 3 is 2.67 bits per heavy atom. The van der Waals surface area contributed by atoms with Crippen LogP contribution in [0.3, 0.4) is 0 Å². The van der Waals surface area contributed by atoms with E-state index in [9.17, 15) is 9.18 Å². The molecular formula is C13H20FN3O. The Morgan fingerprint density at radius 2 is 2.11 bits per heavy atom. The van der Waals surface area contributed by atoms with Crippen LogP contribution in [0, 0.1) is 5.82 Å². The summed E-state index contributed by atoms with van der Waals surface area (Å²) in [5.41, 5.74) is 0.473. The van der Waals surface area contributed by atoms with Gasteiger partial charge >= 0.3 is 0 Å².